The van der Waals surface area contributed by atoms with E-state index in [1.165, 1.54) is 38.5 Å². The molecule has 1 saturated heterocycles. The van der Waals surface area contributed by atoms with Crippen LogP contribution >= 0.6 is 11.8 Å². The van der Waals surface area contributed by atoms with Gasteiger partial charge in [0.15, 0.2) is 5.17 Å². The summed E-state index contributed by atoms with van der Waals surface area (Å²) in [4.78, 5) is 23.9. The van der Waals surface area contributed by atoms with E-state index in [1.807, 2.05) is 18.3 Å². The first kappa shape index (κ1) is 24.5. The van der Waals surface area contributed by atoms with Crippen molar-refractivity contribution in [2.75, 3.05) is 33.4 Å². The van der Waals surface area contributed by atoms with Crippen molar-refractivity contribution in [3.63, 3.8) is 0 Å². The summed E-state index contributed by atoms with van der Waals surface area (Å²) >= 11 is 1.55. The highest BCUT2D eigenvalue weighted by Crippen LogP contribution is 2.62. The molecule has 0 radical (unpaired) electrons. The van der Waals surface area contributed by atoms with Gasteiger partial charge in [-0.15, -0.1) is 0 Å². The largest absolute Gasteiger partial charge is 0.508 e. The van der Waals surface area contributed by atoms with Gasteiger partial charge < -0.3 is 19.5 Å². The second kappa shape index (κ2) is 9.56. The Bertz CT molecular complexity index is 1250. The van der Waals surface area contributed by atoms with Crippen molar-refractivity contribution >= 4 is 22.8 Å². The predicted octanol–water partition coefficient (Wildman–Crippen LogP) is 4.80. The van der Waals surface area contributed by atoms with Crippen LogP contribution in [0.3, 0.4) is 0 Å². The minimum Gasteiger partial charge on any atom is -0.508 e. The van der Waals surface area contributed by atoms with Crippen LogP contribution in [-0.4, -0.2) is 64.7 Å². The number of aliphatic imine (C=N–C) groups is 1. The number of phenolic OH excluding ortho intramolecular Hbond substituents is 1. The van der Waals surface area contributed by atoms with E-state index in [1.54, 1.807) is 18.9 Å². The lowest BCUT2D eigenvalue weighted by atomic mass is 9.48. The number of rotatable bonds is 5. The van der Waals surface area contributed by atoms with Crippen LogP contribution in [0, 0.1) is 17.8 Å². The predicted molar refractivity (Wildman–Crippen MR) is 148 cm³/mol. The average Bonchev–Trinajstić information content (AvgIpc) is 3.28. The number of hydrogen-bond acceptors (Lipinski definition) is 7. The molecule has 200 valence electrons. The van der Waals surface area contributed by atoms with Crippen LogP contribution in [0.1, 0.15) is 49.7 Å². The molecule has 1 aromatic heterocycles. The molecule has 1 amide bonds. The Morgan fingerprint density at radius 1 is 1.11 bits per heavy atom. The standard InChI is InChI=1S/C30H35N3O4S/c1-36-28-23(11-21(17-31-28)12-26-27(35)32-29(38-26)33-4-6-37-7-5-33)22-2-3-25(34)24(13-22)30-14-18-8-19(15-30)10-20(9-18)16-30/h2-3,11,13,17-20,26,34H,4-10,12,14-16H2,1H3. The molecule has 38 heavy (non-hydrogen) atoms. The molecule has 1 atom stereocenters. The molecule has 2 aromatic rings. The molecule has 4 aliphatic carbocycles. The van der Waals surface area contributed by atoms with Gasteiger partial charge in [0.2, 0.25) is 5.88 Å². The fourth-order valence-electron chi connectivity index (χ4n) is 8.16. The summed E-state index contributed by atoms with van der Waals surface area (Å²) in [6.07, 6.45) is 10.1. The lowest BCUT2D eigenvalue weighted by Crippen LogP contribution is -2.48. The number of benzene rings is 1. The number of methoxy groups -OCH3 is 1. The molecule has 0 spiro atoms. The average molecular weight is 534 g/mol. The Hall–Kier alpha value is -2.58. The summed E-state index contributed by atoms with van der Waals surface area (Å²) in [5, 5.41) is 11.6. The minimum absolute atomic E-state index is 0.0809. The van der Waals surface area contributed by atoms with E-state index >= 15 is 0 Å². The fraction of sp³-hybridized carbons (Fsp3) is 0.567. The van der Waals surface area contributed by atoms with Crippen molar-refractivity contribution in [2.45, 2.75) is 55.6 Å². The molecule has 4 bridgehead atoms. The second-order valence-electron chi connectivity index (χ2n) is 12.0. The molecular weight excluding hydrogens is 498 g/mol. The maximum absolute atomic E-state index is 12.8. The number of thioether (sulfide) groups is 1. The highest BCUT2D eigenvalue weighted by molar-refractivity contribution is 8.15. The molecule has 8 heteroatoms. The van der Waals surface area contributed by atoms with E-state index in [9.17, 15) is 9.90 Å². The zero-order valence-electron chi connectivity index (χ0n) is 21.9. The van der Waals surface area contributed by atoms with E-state index in [0.717, 1.165) is 58.3 Å². The first-order valence-corrected chi connectivity index (χ1v) is 14.9. The summed E-state index contributed by atoms with van der Waals surface area (Å²) < 4.78 is 11.1. The number of carbonyl (C=O) groups is 1. The monoisotopic (exact) mass is 533 g/mol. The summed E-state index contributed by atoms with van der Waals surface area (Å²) in [6.45, 7) is 2.88. The number of pyridine rings is 1. The number of carbonyl (C=O) groups excluding carboxylic acids is 1. The molecular formula is C30H35N3O4S. The lowest BCUT2D eigenvalue weighted by molar-refractivity contribution is -0.117. The summed E-state index contributed by atoms with van der Waals surface area (Å²) in [5.41, 5.74) is 4.09. The number of aromatic nitrogens is 1. The van der Waals surface area contributed by atoms with Gasteiger partial charge in [-0.3, -0.25) is 4.79 Å². The normalized spacial score (nSPS) is 32.1. The zero-order chi connectivity index (χ0) is 25.9. The van der Waals surface area contributed by atoms with Crippen LogP contribution in [-0.2, 0) is 21.4 Å². The maximum Gasteiger partial charge on any atom is 0.262 e. The van der Waals surface area contributed by atoms with Crippen molar-refractivity contribution in [3.05, 3.63) is 41.6 Å². The molecule has 1 N–H and O–H groups in total. The van der Waals surface area contributed by atoms with E-state index < -0.39 is 0 Å². The second-order valence-corrected chi connectivity index (χ2v) is 13.1. The van der Waals surface area contributed by atoms with Crippen LogP contribution < -0.4 is 4.74 Å². The van der Waals surface area contributed by atoms with Crippen molar-refractivity contribution in [3.8, 4) is 22.8 Å². The number of nitrogens with zero attached hydrogens (tertiary/aromatic N) is 3. The topological polar surface area (TPSA) is 84.3 Å². The molecule has 1 unspecified atom stereocenters. The Morgan fingerprint density at radius 3 is 2.50 bits per heavy atom. The van der Waals surface area contributed by atoms with Crippen LogP contribution in [0.2, 0.25) is 0 Å². The summed E-state index contributed by atoms with van der Waals surface area (Å²) in [6, 6.07) is 8.12. The first-order chi connectivity index (χ1) is 18.5. The number of aromatic hydroxyl groups is 1. The molecule has 2 aliphatic heterocycles. The van der Waals surface area contributed by atoms with Gasteiger partial charge in [-0.2, -0.15) is 4.99 Å². The highest BCUT2D eigenvalue weighted by atomic mass is 32.2. The third kappa shape index (κ3) is 4.30. The van der Waals surface area contributed by atoms with Crippen LogP contribution in [0.5, 0.6) is 11.6 Å². The molecule has 4 saturated carbocycles. The van der Waals surface area contributed by atoms with E-state index in [2.05, 4.69) is 27.0 Å². The van der Waals surface area contributed by atoms with Crippen molar-refractivity contribution < 1.29 is 19.4 Å². The summed E-state index contributed by atoms with van der Waals surface area (Å²) in [5.74, 6) is 3.30. The number of amidine groups is 1. The first-order valence-electron chi connectivity index (χ1n) is 14.0. The van der Waals surface area contributed by atoms with E-state index in [0.29, 0.717) is 31.3 Å². The lowest BCUT2D eigenvalue weighted by Gasteiger charge is -2.57. The van der Waals surface area contributed by atoms with E-state index in [4.69, 9.17) is 9.47 Å². The molecule has 5 fully saturated rings. The minimum atomic E-state index is -0.252. The zero-order valence-corrected chi connectivity index (χ0v) is 22.7. The van der Waals surface area contributed by atoms with Gasteiger partial charge in [-0.05, 0) is 97.4 Å². The SMILES string of the molecule is COc1ncc(CC2SC(N3CCOCC3)=NC2=O)cc1-c1ccc(O)c(C23CC4CC(CC(C4)C2)C3)c1. The molecule has 1 aromatic carbocycles. The molecule has 7 nitrogen and oxygen atoms in total. The van der Waals surface area contributed by atoms with Crippen molar-refractivity contribution in [2.24, 2.45) is 22.7 Å². The van der Waals surface area contributed by atoms with Crippen LogP contribution in [0.25, 0.3) is 11.1 Å². The van der Waals surface area contributed by atoms with Gasteiger partial charge in [0, 0.05) is 30.4 Å². The van der Waals surface area contributed by atoms with Gasteiger partial charge in [0.25, 0.3) is 5.91 Å². The van der Waals surface area contributed by atoms with E-state index in [-0.39, 0.29) is 16.6 Å². The third-order valence-corrected chi connectivity index (χ3v) is 10.7. The number of morpholine rings is 1. The Kier molecular flexibility index (Phi) is 6.15. The van der Waals surface area contributed by atoms with Crippen LogP contribution in [0.4, 0.5) is 0 Å². The van der Waals surface area contributed by atoms with Gasteiger partial charge in [-0.1, -0.05) is 17.8 Å². The van der Waals surface area contributed by atoms with Gasteiger partial charge in [0.1, 0.15) is 5.75 Å². The van der Waals surface area contributed by atoms with Crippen molar-refractivity contribution in [1.29, 1.82) is 0 Å². The molecule has 3 heterocycles. The maximum atomic E-state index is 12.8. The molecule has 6 aliphatic rings. The highest BCUT2D eigenvalue weighted by Gasteiger charge is 2.52. The number of phenols is 1. The quantitative estimate of drug-likeness (QED) is 0.591. The van der Waals surface area contributed by atoms with Crippen molar-refractivity contribution in [1.82, 2.24) is 9.88 Å². The number of hydrogen-bond donors (Lipinski definition) is 1. The Balaban J connectivity index is 1.16. The van der Waals surface area contributed by atoms with Crippen LogP contribution in [0.15, 0.2) is 35.5 Å². The van der Waals surface area contributed by atoms with Gasteiger partial charge in [0.05, 0.1) is 25.6 Å². The fourth-order valence-corrected chi connectivity index (χ4v) is 9.32. The summed E-state index contributed by atoms with van der Waals surface area (Å²) in [7, 11) is 1.64. The van der Waals surface area contributed by atoms with Gasteiger partial charge >= 0.3 is 0 Å². The number of amides is 1. The number of ether oxygens (including phenoxy) is 2. The third-order valence-electron chi connectivity index (χ3n) is 9.45. The smallest absolute Gasteiger partial charge is 0.262 e. The Labute approximate surface area is 228 Å². The Morgan fingerprint density at radius 2 is 1.82 bits per heavy atom. The molecule has 8 rings (SSSR count). The van der Waals surface area contributed by atoms with Gasteiger partial charge in [-0.25, -0.2) is 4.98 Å².